The van der Waals surface area contributed by atoms with Crippen molar-refractivity contribution in [3.63, 3.8) is 0 Å². The van der Waals surface area contributed by atoms with E-state index in [9.17, 15) is 9.59 Å². The number of ether oxygens (including phenoxy) is 1. The van der Waals surface area contributed by atoms with Crippen LogP contribution in [0.25, 0.3) is 10.9 Å². The van der Waals surface area contributed by atoms with Crippen LogP contribution in [0.5, 0.6) is 5.88 Å². The predicted octanol–water partition coefficient (Wildman–Crippen LogP) is 3.91. The van der Waals surface area contributed by atoms with Crippen molar-refractivity contribution in [3.8, 4) is 5.88 Å². The van der Waals surface area contributed by atoms with E-state index in [2.05, 4.69) is 27.4 Å². The number of hydrogen-bond acceptors (Lipinski definition) is 4. The smallest absolute Gasteiger partial charge is 0.224 e. The molecule has 2 amide bonds. The zero-order chi connectivity index (χ0) is 21.6. The van der Waals surface area contributed by atoms with Crippen molar-refractivity contribution in [1.82, 2.24) is 14.9 Å². The number of fused-ring (bicyclic) bond motifs is 1. The number of nitrogens with zero attached hydrogens (tertiary/aromatic N) is 2. The molecule has 0 spiro atoms. The van der Waals surface area contributed by atoms with E-state index < -0.39 is 0 Å². The van der Waals surface area contributed by atoms with Crippen molar-refractivity contribution in [2.45, 2.75) is 45.1 Å². The van der Waals surface area contributed by atoms with Crippen molar-refractivity contribution < 1.29 is 14.3 Å². The summed E-state index contributed by atoms with van der Waals surface area (Å²) in [7, 11) is 0. The second-order valence-electron chi connectivity index (χ2n) is 7.84. The number of carbonyl (C=O) groups excluding carboxylic acids is 2. The second-order valence-corrected chi connectivity index (χ2v) is 7.84. The number of nitrogens with one attached hydrogen (secondary N) is 2. The molecule has 2 aromatic heterocycles. The summed E-state index contributed by atoms with van der Waals surface area (Å²) in [6, 6.07) is 11.7. The number of para-hydroxylation sites is 1. The lowest BCUT2D eigenvalue weighted by Crippen LogP contribution is -2.41. The second kappa shape index (κ2) is 9.64. The summed E-state index contributed by atoms with van der Waals surface area (Å²) in [6.07, 6.45) is 6.91. The maximum atomic E-state index is 12.7. The van der Waals surface area contributed by atoms with E-state index in [4.69, 9.17) is 4.74 Å². The molecule has 0 radical (unpaired) electrons. The first-order chi connectivity index (χ1) is 15.1. The monoisotopic (exact) mass is 420 g/mol. The lowest BCUT2D eigenvalue weighted by Gasteiger charge is -2.32. The van der Waals surface area contributed by atoms with E-state index in [1.54, 1.807) is 25.3 Å². The van der Waals surface area contributed by atoms with Gasteiger partial charge in [0.05, 0.1) is 11.9 Å². The highest BCUT2D eigenvalue weighted by atomic mass is 16.5. The lowest BCUT2D eigenvalue weighted by molar-refractivity contribution is -0.133. The predicted molar refractivity (Wildman–Crippen MR) is 120 cm³/mol. The number of aromatic amines is 1. The van der Waals surface area contributed by atoms with Crippen LogP contribution < -0.4 is 10.1 Å². The largest absolute Gasteiger partial charge is 0.474 e. The number of H-pyrrole nitrogens is 1. The highest BCUT2D eigenvalue weighted by molar-refractivity contribution is 5.90. The first-order valence-corrected chi connectivity index (χ1v) is 10.9. The Kier molecular flexibility index (Phi) is 6.50. The SMILES string of the molecule is CCC(=O)Nc1ccc(OC2CCN(C(=O)CCc3c[nH]c4ccccc34)CC2)nc1. The van der Waals surface area contributed by atoms with Gasteiger partial charge in [0.1, 0.15) is 6.10 Å². The fraction of sp³-hybridized carbons (Fsp3) is 0.375. The van der Waals surface area contributed by atoms with Crippen LogP contribution in [0.4, 0.5) is 5.69 Å². The molecule has 0 atom stereocenters. The summed E-state index contributed by atoms with van der Waals surface area (Å²) in [5, 5.41) is 3.96. The Balaban J connectivity index is 1.23. The van der Waals surface area contributed by atoms with Crippen LogP contribution >= 0.6 is 0 Å². The van der Waals surface area contributed by atoms with E-state index in [1.807, 2.05) is 23.2 Å². The summed E-state index contributed by atoms with van der Waals surface area (Å²) in [5.41, 5.74) is 2.96. The molecule has 3 aromatic rings. The zero-order valence-corrected chi connectivity index (χ0v) is 17.8. The minimum absolute atomic E-state index is 0.0428. The molecule has 7 nitrogen and oxygen atoms in total. The molecule has 1 fully saturated rings. The standard InChI is InChI=1S/C24H28N4O3/c1-2-22(29)27-18-8-9-23(26-16-18)31-19-11-13-28(14-12-19)24(30)10-7-17-15-25-21-6-4-3-5-20(17)21/h3-6,8-9,15-16,19,25H,2,7,10-14H2,1H3,(H,27,29). The maximum Gasteiger partial charge on any atom is 0.224 e. The third-order valence-electron chi connectivity index (χ3n) is 5.71. The summed E-state index contributed by atoms with van der Waals surface area (Å²) >= 11 is 0. The molecule has 1 aliphatic heterocycles. The maximum absolute atomic E-state index is 12.7. The van der Waals surface area contributed by atoms with Gasteiger partial charge in [0.2, 0.25) is 17.7 Å². The molecular formula is C24H28N4O3. The Labute approximate surface area is 181 Å². The number of anilines is 1. The number of carbonyl (C=O) groups is 2. The highest BCUT2D eigenvalue weighted by Gasteiger charge is 2.24. The first kappa shape index (κ1) is 20.9. The van der Waals surface area contributed by atoms with Gasteiger partial charge in [-0.1, -0.05) is 25.1 Å². The highest BCUT2D eigenvalue weighted by Crippen LogP contribution is 2.22. The average Bonchev–Trinajstić information content (AvgIpc) is 3.22. The van der Waals surface area contributed by atoms with Crippen molar-refractivity contribution >= 4 is 28.4 Å². The number of pyridine rings is 1. The molecule has 0 unspecified atom stereocenters. The number of likely N-dealkylation sites (tertiary alicyclic amines) is 1. The first-order valence-electron chi connectivity index (χ1n) is 10.9. The number of piperidine rings is 1. The summed E-state index contributed by atoms with van der Waals surface area (Å²) in [4.78, 5) is 33.6. The molecule has 0 saturated carbocycles. The van der Waals surface area contributed by atoms with Gasteiger partial charge in [-0.15, -0.1) is 0 Å². The van der Waals surface area contributed by atoms with Crippen LogP contribution in [0.2, 0.25) is 0 Å². The molecule has 1 saturated heterocycles. The number of rotatable bonds is 7. The van der Waals surface area contributed by atoms with Crippen LogP contribution in [0.15, 0.2) is 48.8 Å². The van der Waals surface area contributed by atoms with Gasteiger partial charge < -0.3 is 19.9 Å². The van der Waals surface area contributed by atoms with Gasteiger partial charge in [0, 0.05) is 61.9 Å². The number of amides is 2. The molecule has 0 aliphatic carbocycles. The fourth-order valence-electron chi connectivity index (χ4n) is 3.91. The Morgan fingerprint density at radius 2 is 2.00 bits per heavy atom. The van der Waals surface area contributed by atoms with Gasteiger partial charge in [0.15, 0.2) is 0 Å². The minimum Gasteiger partial charge on any atom is -0.474 e. The molecule has 1 aliphatic rings. The molecule has 2 N–H and O–H groups in total. The molecule has 1 aromatic carbocycles. The van der Waals surface area contributed by atoms with Gasteiger partial charge >= 0.3 is 0 Å². The molecule has 4 rings (SSSR count). The van der Waals surface area contributed by atoms with Gasteiger partial charge in [-0.25, -0.2) is 4.98 Å². The van der Waals surface area contributed by atoms with Crippen molar-refractivity contribution in [1.29, 1.82) is 0 Å². The molecule has 162 valence electrons. The molecule has 7 heteroatoms. The Bertz CT molecular complexity index is 1040. The topological polar surface area (TPSA) is 87.3 Å². The summed E-state index contributed by atoms with van der Waals surface area (Å²) < 4.78 is 5.97. The van der Waals surface area contributed by atoms with Crippen molar-refractivity contribution in [2.75, 3.05) is 18.4 Å². The van der Waals surface area contributed by atoms with Crippen LogP contribution in [-0.4, -0.2) is 45.9 Å². The zero-order valence-electron chi connectivity index (χ0n) is 17.8. The Hall–Kier alpha value is -3.35. The van der Waals surface area contributed by atoms with Gasteiger partial charge in [-0.3, -0.25) is 9.59 Å². The molecule has 0 bridgehead atoms. The fourth-order valence-corrected chi connectivity index (χ4v) is 3.91. The number of aryl methyl sites for hydroxylation is 1. The Morgan fingerprint density at radius 1 is 1.19 bits per heavy atom. The average molecular weight is 421 g/mol. The third-order valence-corrected chi connectivity index (χ3v) is 5.71. The normalized spacial score (nSPS) is 14.5. The van der Waals surface area contributed by atoms with E-state index in [0.717, 1.165) is 24.8 Å². The van der Waals surface area contributed by atoms with Crippen molar-refractivity contribution in [3.05, 3.63) is 54.4 Å². The number of benzene rings is 1. The molecule has 31 heavy (non-hydrogen) atoms. The van der Waals surface area contributed by atoms with E-state index in [-0.39, 0.29) is 17.9 Å². The minimum atomic E-state index is -0.0443. The van der Waals surface area contributed by atoms with Gasteiger partial charge in [-0.05, 0) is 24.1 Å². The van der Waals surface area contributed by atoms with Gasteiger partial charge in [0.25, 0.3) is 0 Å². The lowest BCUT2D eigenvalue weighted by atomic mass is 10.1. The van der Waals surface area contributed by atoms with Gasteiger partial charge in [-0.2, -0.15) is 0 Å². The van der Waals surface area contributed by atoms with Crippen LogP contribution in [-0.2, 0) is 16.0 Å². The molecular weight excluding hydrogens is 392 g/mol. The van der Waals surface area contributed by atoms with E-state index >= 15 is 0 Å². The van der Waals surface area contributed by atoms with Crippen LogP contribution in [0.3, 0.4) is 0 Å². The number of hydrogen-bond donors (Lipinski definition) is 2. The van der Waals surface area contributed by atoms with E-state index in [1.165, 1.54) is 10.9 Å². The third kappa shape index (κ3) is 5.23. The number of aromatic nitrogens is 2. The van der Waals surface area contributed by atoms with E-state index in [0.29, 0.717) is 37.5 Å². The molecule has 3 heterocycles. The van der Waals surface area contributed by atoms with Crippen LogP contribution in [0.1, 0.15) is 38.2 Å². The van der Waals surface area contributed by atoms with Crippen molar-refractivity contribution in [2.24, 2.45) is 0 Å². The summed E-state index contributed by atoms with van der Waals surface area (Å²) in [5.74, 6) is 0.689. The van der Waals surface area contributed by atoms with Crippen LogP contribution in [0, 0.1) is 0 Å². The Morgan fingerprint density at radius 3 is 2.74 bits per heavy atom. The summed E-state index contributed by atoms with van der Waals surface area (Å²) in [6.45, 7) is 3.20. The quantitative estimate of drug-likeness (QED) is 0.607.